The van der Waals surface area contributed by atoms with Gasteiger partial charge in [-0.2, -0.15) is 5.10 Å². The zero-order valence-electron chi connectivity index (χ0n) is 13.1. The molecule has 122 valence electrons. The molecule has 0 aliphatic rings. The summed E-state index contributed by atoms with van der Waals surface area (Å²) in [5.74, 6) is 0. The van der Waals surface area contributed by atoms with Gasteiger partial charge in [0.1, 0.15) is 4.90 Å². The fourth-order valence-electron chi connectivity index (χ4n) is 2.77. The van der Waals surface area contributed by atoms with Crippen molar-refractivity contribution in [1.29, 1.82) is 0 Å². The number of benzene rings is 1. The lowest BCUT2D eigenvalue weighted by atomic mass is 10.2. The van der Waals surface area contributed by atoms with E-state index in [-0.39, 0.29) is 4.90 Å². The predicted molar refractivity (Wildman–Crippen MR) is 92.4 cm³/mol. The molecule has 0 fully saturated rings. The molecule has 0 amide bonds. The Hall–Kier alpha value is -2.87. The average molecular weight is 341 g/mol. The van der Waals surface area contributed by atoms with Crippen molar-refractivity contribution in [2.45, 2.75) is 11.8 Å². The molecule has 24 heavy (non-hydrogen) atoms. The molecular weight excluding hydrogens is 326 g/mol. The number of hydrogen-bond donors (Lipinski definition) is 2. The standard InChI is InChI=1S/C16H15N5O2S/c1-10-14-8-13(9-18-16(14)21(2)19-10)24(22,23)20-12-3-4-15-11(7-12)5-6-17-15/h3-9,17,20H,1-2H3. The second-order valence-electron chi connectivity index (χ2n) is 5.64. The van der Waals surface area contributed by atoms with Gasteiger partial charge in [0.15, 0.2) is 5.65 Å². The Balaban J connectivity index is 1.75. The van der Waals surface area contributed by atoms with E-state index < -0.39 is 10.0 Å². The highest BCUT2D eigenvalue weighted by Crippen LogP contribution is 2.23. The number of nitrogens with zero attached hydrogens (tertiary/aromatic N) is 3. The number of nitrogens with one attached hydrogen (secondary N) is 2. The fraction of sp³-hybridized carbons (Fsp3) is 0.125. The molecule has 1 aromatic carbocycles. The average Bonchev–Trinajstić information content (AvgIpc) is 3.11. The Morgan fingerprint density at radius 1 is 1.21 bits per heavy atom. The van der Waals surface area contributed by atoms with Crippen molar-refractivity contribution >= 4 is 37.6 Å². The number of H-pyrrole nitrogens is 1. The molecule has 0 aliphatic carbocycles. The quantitative estimate of drug-likeness (QED) is 0.599. The van der Waals surface area contributed by atoms with Crippen LogP contribution in [-0.4, -0.2) is 28.2 Å². The summed E-state index contributed by atoms with van der Waals surface area (Å²) in [5.41, 5.74) is 2.85. The van der Waals surface area contributed by atoms with Crippen molar-refractivity contribution in [3.05, 3.63) is 48.4 Å². The number of rotatable bonds is 3. The molecule has 0 saturated heterocycles. The van der Waals surface area contributed by atoms with Crippen molar-refractivity contribution in [2.24, 2.45) is 7.05 Å². The van der Waals surface area contributed by atoms with Crippen molar-refractivity contribution in [2.75, 3.05) is 4.72 Å². The molecule has 3 heterocycles. The van der Waals surface area contributed by atoms with Crippen LogP contribution in [0.1, 0.15) is 5.69 Å². The SMILES string of the molecule is Cc1nn(C)c2ncc(S(=O)(=O)Nc3ccc4[nH]ccc4c3)cc12. The number of anilines is 1. The van der Waals surface area contributed by atoms with Gasteiger partial charge in [-0.1, -0.05) is 0 Å². The Labute approximate surface area is 138 Å². The van der Waals surface area contributed by atoms with E-state index >= 15 is 0 Å². The van der Waals surface area contributed by atoms with Gasteiger partial charge in [-0.05, 0) is 37.3 Å². The van der Waals surface area contributed by atoms with Crippen LogP contribution >= 0.6 is 0 Å². The molecule has 7 nitrogen and oxygen atoms in total. The van der Waals surface area contributed by atoms with Gasteiger partial charge in [-0.3, -0.25) is 9.40 Å². The lowest BCUT2D eigenvalue weighted by molar-refractivity contribution is 0.601. The molecular formula is C16H15N5O2S. The Morgan fingerprint density at radius 3 is 2.88 bits per heavy atom. The van der Waals surface area contributed by atoms with Crippen LogP contribution < -0.4 is 4.72 Å². The van der Waals surface area contributed by atoms with E-state index in [1.807, 2.05) is 25.3 Å². The van der Waals surface area contributed by atoms with Gasteiger partial charge in [0.05, 0.1) is 5.69 Å². The van der Waals surface area contributed by atoms with Gasteiger partial charge in [0, 0.05) is 41.4 Å². The molecule has 0 bridgehead atoms. The van der Waals surface area contributed by atoms with E-state index in [1.54, 1.807) is 29.9 Å². The summed E-state index contributed by atoms with van der Waals surface area (Å²) in [6.07, 6.45) is 3.16. The molecule has 0 unspecified atom stereocenters. The Kier molecular flexibility index (Phi) is 3.10. The minimum atomic E-state index is -3.72. The zero-order chi connectivity index (χ0) is 16.9. The van der Waals surface area contributed by atoms with Crippen LogP contribution in [0.3, 0.4) is 0 Å². The summed E-state index contributed by atoms with van der Waals surface area (Å²) in [6, 6.07) is 8.82. The number of hydrogen-bond acceptors (Lipinski definition) is 4. The van der Waals surface area contributed by atoms with Crippen LogP contribution in [0.4, 0.5) is 5.69 Å². The molecule has 0 radical (unpaired) electrons. The topological polar surface area (TPSA) is 92.7 Å². The summed E-state index contributed by atoms with van der Waals surface area (Å²) in [7, 11) is -1.95. The minimum absolute atomic E-state index is 0.111. The smallest absolute Gasteiger partial charge is 0.263 e. The monoisotopic (exact) mass is 341 g/mol. The summed E-state index contributed by atoms with van der Waals surface area (Å²) in [5, 5.41) is 5.92. The van der Waals surface area contributed by atoms with E-state index in [4.69, 9.17) is 0 Å². The first-order valence-electron chi connectivity index (χ1n) is 7.33. The highest BCUT2D eigenvalue weighted by Gasteiger charge is 2.18. The first-order chi connectivity index (χ1) is 11.4. The number of fused-ring (bicyclic) bond motifs is 2. The first kappa shape index (κ1) is 14.7. The van der Waals surface area contributed by atoms with Gasteiger partial charge in [-0.25, -0.2) is 13.4 Å². The van der Waals surface area contributed by atoms with E-state index in [2.05, 4.69) is 19.8 Å². The third-order valence-electron chi connectivity index (χ3n) is 3.95. The fourth-order valence-corrected chi connectivity index (χ4v) is 3.79. The lowest BCUT2D eigenvalue weighted by Gasteiger charge is -2.08. The number of pyridine rings is 1. The third kappa shape index (κ3) is 2.31. The first-order valence-corrected chi connectivity index (χ1v) is 8.82. The maximum atomic E-state index is 12.7. The number of sulfonamides is 1. The van der Waals surface area contributed by atoms with Crippen LogP contribution in [0.5, 0.6) is 0 Å². The van der Waals surface area contributed by atoms with Gasteiger partial charge in [-0.15, -0.1) is 0 Å². The molecule has 0 saturated carbocycles. The highest BCUT2D eigenvalue weighted by molar-refractivity contribution is 7.92. The van der Waals surface area contributed by atoms with E-state index in [9.17, 15) is 8.42 Å². The Bertz CT molecular complexity index is 1170. The maximum Gasteiger partial charge on any atom is 0.263 e. The van der Waals surface area contributed by atoms with E-state index in [1.165, 1.54) is 6.20 Å². The van der Waals surface area contributed by atoms with Gasteiger partial charge < -0.3 is 4.98 Å². The molecule has 3 aromatic heterocycles. The van der Waals surface area contributed by atoms with Crippen molar-refractivity contribution in [3.63, 3.8) is 0 Å². The lowest BCUT2D eigenvalue weighted by Crippen LogP contribution is -2.13. The third-order valence-corrected chi connectivity index (χ3v) is 5.30. The second-order valence-corrected chi connectivity index (χ2v) is 7.32. The normalized spacial score (nSPS) is 12.1. The second kappa shape index (κ2) is 5.07. The molecule has 2 N–H and O–H groups in total. The Morgan fingerprint density at radius 2 is 2.04 bits per heavy atom. The van der Waals surface area contributed by atoms with Crippen LogP contribution in [-0.2, 0) is 17.1 Å². The van der Waals surface area contributed by atoms with Crippen LogP contribution in [0.2, 0.25) is 0 Å². The van der Waals surface area contributed by atoms with Gasteiger partial charge in [0.25, 0.3) is 10.0 Å². The molecule has 4 aromatic rings. The van der Waals surface area contributed by atoms with Crippen molar-refractivity contribution < 1.29 is 8.42 Å². The van der Waals surface area contributed by atoms with Crippen molar-refractivity contribution in [3.8, 4) is 0 Å². The molecule has 0 atom stereocenters. The van der Waals surface area contributed by atoms with Crippen molar-refractivity contribution in [1.82, 2.24) is 19.7 Å². The number of aromatic amines is 1. The largest absolute Gasteiger partial charge is 0.361 e. The summed E-state index contributed by atoms with van der Waals surface area (Å²) in [4.78, 5) is 7.41. The maximum absolute atomic E-state index is 12.7. The summed E-state index contributed by atoms with van der Waals surface area (Å²) >= 11 is 0. The summed E-state index contributed by atoms with van der Waals surface area (Å²) in [6.45, 7) is 1.83. The van der Waals surface area contributed by atoms with E-state index in [0.29, 0.717) is 11.3 Å². The minimum Gasteiger partial charge on any atom is -0.361 e. The van der Waals surface area contributed by atoms with Gasteiger partial charge >= 0.3 is 0 Å². The van der Waals surface area contributed by atoms with E-state index in [0.717, 1.165) is 22.0 Å². The predicted octanol–water partition coefficient (Wildman–Crippen LogP) is 2.56. The highest BCUT2D eigenvalue weighted by atomic mass is 32.2. The van der Waals surface area contributed by atoms with Crippen LogP contribution in [0.15, 0.2) is 47.6 Å². The number of aromatic nitrogens is 4. The number of aryl methyl sites for hydroxylation is 2. The molecule has 4 rings (SSSR count). The molecule has 0 aliphatic heterocycles. The molecule has 8 heteroatoms. The van der Waals surface area contributed by atoms with Gasteiger partial charge in [0.2, 0.25) is 0 Å². The van der Waals surface area contributed by atoms with Crippen LogP contribution in [0, 0.1) is 6.92 Å². The van der Waals surface area contributed by atoms with Crippen LogP contribution in [0.25, 0.3) is 21.9 Å². The summed E-state index contributed by atoms with van der Waals surface area (Å²) < 4.78 is 29.5. The molecule has 0 spiro atoms. The zero-order valence-corrected chi connectivity index (χ0v) is 13.9.